The van der Waals surface area contributed by atoms with Gasteiger partial charge in [0.25, 0.3) is 0 Å². The molecule has 0 aliphatic heterocycles. The van der Waals surface area contributed by atoms with E-state index in [9.17, 15) is 0 Å². The summed E-state index contributed by atoms with van der Waals surface area (Å²) in [6.45, 7) is 2.93. The Hall–Kier alpha value is -1.23. The smallest absolute Gasteiger partial charge is 0.139 e. The molecule has 1 fully saturated rings. The molecule has 0 unspecified atom stereocenters. The molecular weight excluding hydrogens is 294 g/mol. The lowest BCUT2D eigenvalue weighted by Crippen LogP contribution is -2.23. The molecule has 0 aromatic heterocycles. The molecule has 0 spiro atoms. The van der Waals surface area contributed by atoms with Crippen LogP contribution in [0.3, 0.4) is 0 Å². The lowest BCUT2D eigenvalue weighted by atomic mass is 10.0. The lowest BCUT2D eigenvalue weighted by molar-refractivity contribution is 0.315. The highest BCUT2D eigenvalue weighted by Gasteiger charge is 2.43. The summed E-state index contributed by atoms with van der Waals surface area (Å²) in [4.78, 5) is 0. The number of nitrogens with two attached hydrogens (primary N) is 1. The molecule has 0 heterocycles. The Morgan fingerprint density at radius 3 is 2.78 bits per heavy atom. The molecule has 0 amide bonds. The first-order chi connectivity index (χ1) is 8.53. The molecule has 2 rings (SSSR count). The number of nitrogens with zero attached hydrogens (tertiary/aromatic N) is 1. The molecule has 4 nitrogen and oxygen atoms in total. The molecular formula is C13H18BrN3O. The van der Waals surface area contributed by atoms with Crippen LogP contribution in [0, 0.1) is 12.3 Å². The molecule has 0 saturated heterocycles. The Balaban J connectivity index is 1.95. The van der Waals surface area contributed by atoms with Crippen molar-refractivity contribution in [3.8, 4) is 0 Å². The van der Waals surface area contributed by atoms with Gasteiger partial charge in [-0.05, 0) is 48.9 Å². The van der Waals surface area contributed by atoms with E-state index in [-0.39, 0.29) is 5.41 Å². The molecule has 1 aromatic rings. The van der Waals surface area contributed by atoms with Gasteiger partial charge in [-0.3, -0.25) is 0 Å². The normalized spacial score (nSPS) is 17.6. The second-order valence-corrected chi connectivity index (χ2v) is 6.05. The fraction of sp³-hybridized carbons (Fsp3) is 0.462. The third kappa shape index (κ3) is 3.38. The zero-order chi connectivity index (χ0) is 13.2. The average molecular weight is 312 g/mol. The minimum absolute atomic E-state index is 0.173. The fourth-order valence-corrected chi connectivity index (χ4v) is 2.75. The Morgan fingerprint density at radius 1 is 1.50 bits per heavy atom. The largest absolute Gasteiger partial charge is 0.409 e. The molecule has 98 valence electrons. The highest BCUT2D eigenvalue weighted by Crippen LogP contribution is 2.48. The van der Waals surface area contributed by atoms with Gasteiger partial charge < -0.3 is 16.3 Å². The Morgan fingerprint density at radius 2 is 2.22 bits per heavy atom. The summed E-state index contributed by atoms with van der Waals surface area (Å²) >= 11 is 3.49. The number of halogens is 1. The van der Waals surface area contributed by atoms with Crippen LogP contribution in [0.25, 0.3) is 0 Å². The van der Waals surface area contributed by atoms with Gasteiger partial charge in [-0.15, -0.1) is 0 Å². The number of hydrogen-bond acceptors (Lipinski definition) is 3. The molecule has 1 aliphatic carbocycles. The van der Waals surface area contributed by atoms with Crippen molar-refractivity contribution in [3.05, 3.63) is 28.2 Å². The number of aryl methyl sites for hydroxylation is 1. The minimum Gasteiger partial charge on any atom is -0.409 e. The van der Waals surface area contributed by atoms with Crippen LogP contribution in [0.1, 0.15) is 24.8 Å². The van der Waals surface area contributed by atoms with Gasteiger partial charge in [-0.1, -0.05) is 21.1 Å². The Kier molecular flexibility index (Phi) is 3.80. The van der Waals surface area contributed by atoms with Crippen LogP contribution in [0.5, 0.6) is 0 Å². The summed E-state index contributed by atoms with van der Waals surface area (Å²) in [6, 6.07) is 6.26. The van der Waals surface area contributed by atoms with E-state index in [1.165, 1.54) is 5.56 Å². The van der Waals surface area contributed by atoms with Crippen molar-refractivity contribution in [3.63, 3.8) is 0 Å². The predicted octanol–water partition coefficient (Wildman–Crippen LogP) is 3.09. The predicted molar refractivity (Wildman–Crippen MR) is 77.1 cm³/mol. The molecule has 0 atom stereocenters. The summed E-state index contributed by atoms with van der Waals surface area (Å²) < 4.78 is 1.08. The van der Waals surface area contributed by atoms with Crippen molar-refractivity contribution in [2.75, 3.05) is 11.9 Å². The number of rotatable bonds is 5. The molecule has 0 bridgehead atoms. The van der Waals surface area contributed by atoms with Crippen molar-refractivity contribution < 1.29 is 5.21 Å². The summed E-state index contributed by atoms with van der Waals surface area (Å²) in [5.41, 5.74) is 8.07. The van der Waals surface area contributed by atoms with E-state index in [1.807, 2.05) is 0 Å². The van der Waals surface area contributed by atoms with Gasteiger partial charge in [0.05, 0.1) is 0 Å². The van der Waals surface area contributed by atoms with Crippen LogP contribution >= 0.6 is 15.9 Å². The van der Waals surface area contributed by atoms with Gasteiger partial charge in [-0.2, -0.15) is 0 Å². The average Bonchev–Trinajstić information content (AvgIpc) is 3.05. The van der Waals surface area contributed by atoms with E-state index >= 15 is 0 Å². The second-order valence-electron chi connectivity index (χ2n) is 5.14. The quantitative estimate of drug-likeness (QED) is 0.339. The number of nitrogens with one attached hydrogen (secondary N) is 1. The van der Waals surface area contributed by atoms with Crippen LogP contribution < -0.4 is 11.1 Å². The van der Waals surface area contributed by atoms with E-state index in [2.05, 4.69) is 51.5 Å². The third-order valence-corrected chi connectivity index (χ3v) is 3.81. The fourth-order valence-electron chi connectivity index (χ4n) is 2.14. The molecule has 1 aromatic carbocycles. The highest BCUT2D eigenvalue weighted by molar-refractivity contribution is 9.10. The molecule has 4 N–H and O–H groups in total. The van der Waals surface area contributed by atoms with Crippen molar-refractivity contribution >= 4 is 27.5 Å². The summed E-state index contributed by atoms with van der Waals surface area (Å²) in [5, 5.41) is 15.1. The monoisotopic (exact) mass is 311 g/mol. The lowest BCUT2D eigenvalue weighted by Gasteiger charge is -2.16. The second kappa shape index (κ2) is 5.18. The summed E-state index contributed by atoms with van der Waals surface area (Å²) in [7, 11) is 0. The first-order valence-electron chi connectivity index (χ1n) is 6.00. The van der Waals surface area contributed by atoms with Gasteiger partial charge in [0.1, 0.15) is 5.84 Å². The Labute approximate surface area is 115 Å². The van der Waals surface area contributed by atoms with Gasteiger partial charge >= 0.3 is 0 Å². The van der Waals surface area contributed by atoms with Gasteiger partial charge in [-0.25, -0.2) is 0 Å². The molecule has 1 saturated carbocycles. The van der Waals surface area contributed by atoms with Crippen LogP contribution in [0.15, 0.2) is 27.8 Å². The molecule has 18 heavy (non-hydrogen) atoms. The van der Waals surface area contributed by atoms with Crippen LogP contribution in [-0.2, 0) is 0 Å². The SMILES string of the molecule is Cc1cc(Br)cc(NCC2(C/C(N)=N/O)CC2)c1. The molecule has 0 radical (unpaired) electrons. The number of amidine groups is 1. The van der Waals surface area contributed by atoms with Crippen molar-refractivity contribution in [1.82, 2.24) is 0 Å². The summed E-state index contributed by atoms with van der Waals surface area (Å²) in [6.07, 6.45) is 2.91. The van der Waals surface area contributed by atoms with Crippen LogP contribution in [0.4, 0.5) is 5.69 Å². The molecule has 5 heteroatoms. The van der Waals surface area contributed by atoms with E-state index in [4.69, 9.17) is 10.9 Å². The van der Waals surface area contributed by atoms with E-state index in [0.717, 1.165) is 29.5 Å². The van der Waals surface area contributed by atoms with Gasteiger partial charge in [0, 0.05) is 23.1 Å². The van der Waals surface area contributed by atoms with Gasteiger partial charge in [0.2, 0.25) is 0 Å². The standard InChI is InChI=1S/C13H18BrN3O/c1-9-4-10(14)6-11(5-9)16-8-13(2-3-13)7-12(15)17-18/h4-6,16,18H,2-3,7-8H2,1H3,(H2,15,17). The minimum atomic E-state index is 0.173. The Bertz CT molecular complexity index is 449. The number of hydrogen-bond donors (Lipinski definition) is 3. The zero-order valence-electron chi connectivity index (χ0n) is 10.4. The van der Waals surface area contributed by atoms with Crippen LogP contribution in [-0.4, -0.2) is 17.6 Å². The topological polar surface area (TPSA) is 70.6 Å². The molecule has 1 aliphatic rings. The van der Waals surface area contributed by atoms with E-state index in [1.54, 1.807) is 0 Å². The highest BCUT2D eigenvalue weighted by atomic mass is 79.9. The maximum Gasteiger partial charge on any atom is 0.139 e. The third-order valence-electron chi connectivity index (χ3n) is 3.35. The first kappa shape index (κ1) is 13.2. The van der Waals surface area contributed by atoms with Gasteiger partial charge in [0.15, 0.2) is 0 Å². The first-order valence-corrected chi connectivity index (χ1v) is 6.80. The van der Waals surface area contributed by atoms with Crippen molar-refractivity contribution in [1.29, 1.82) is 0 Å². The summed E-state index contributed by atoms with van der Waals surface area (Å²) in [5.74, 6) is 0.319. The zero-order valence-corrected chi connectivity index (χ0v) is 12.0. The van der Waals surface area contributed by atoms with E-state index < -0.39 is 0 Å². The maximum atomic E-state index is 8.62. The van der Waals surface area contributed by atoms with Crippen molar-refractivity contribution in [2.24, 2.45) is 16.3 Å². The maximum absolute atomic E-state index is 8.62. The number of anilines is 1. The van der Waals surface area contributed by atoms with E-state index in [0.29, 0.717) is 12.3 Å². The number of benzene rings is 1. The van der Waals surface area contributed by atoms with Crippen molar-refractivity contribution in [2.45, 2.75) is 26.2 Å². The van der Waals surface area contributed by atoms with Crippen LogP contribution in [0.2, 0.25) is 0 Å². The number of oxime groups is 1.